The van der Waals surface area contributed by atoms with E-state index in [1.807, 2.05) is 0 Å². The second-order valence-corrected chi connectivity index (χ2v) is 6.74. The van der Waals surface area contributed by atoms with Crippen molar-refractivity contribution in [3.63, 3.8) is 0 Å². The van der Waals surface area contributed by atoms with Crippen molar-refractivity contribution in [3.8, 4) is 0 Å². The molecule has 1 amide bonds. The second kappa shape index (κ2) is 7.80. The number of ether oxygens (including phenoxy) is 1. The maximum absolute atomic E-state index is 12.1. The first-order chi connectivity index (χ1) is 12.0. The molecule has 1 unspecified atom stereocenters. The molecule has 0 saturated carbocycles. The van der Waals surface area contributed by atoms with E-state index in [2.05, 4.69) is 47.4 Å². The third kappa shape index (κ3) is 4.67. The number of nitrogens with zero attached hydrogens (tertiary/aromatic N) is 3. The van der Waals surface area contributed by atoms with Gasteiger partial charge < -0.3 is 10.1 Å². The van der Waals surface area contributed by atoms with Crippen molar-refractivity contribution in [2.75, 3.05) is 26.2 Å². The first-order valence-corrected chi connectivity index (χ1v) is 8.69. The molecule has 0 aliphatic carbocycles. The van der Waals surface area contributed by atoms with Gasteiger partial charge in [-0.05, 0) is 31.0 Å². The number of benzene rings is 1. The first-order valence-electron chi connectivity index (χ1n) is 8.69. The molecule has 2 aromatic rings. The fourth-order valence-corrected chi connectivity index (χ4v) is 3.14. The van der Waals surface area contributed by atoms with Crippen LogP contribution in [0.4, 0.5) is 0 Å². The van der Waals surface area contributed by atoms with Crippen LogP contribution in [0.5, 0.6) is 0 Å². The number of carbonyl (C=O) groups is 1. The molecular formula is C19H26N4O2. The van der Waals surface area contributed by atoms with Gasteiger partial charge in [0.1, 0.15) is 5.69 Å². The van der Waals surface area contributed by atoms with Crippen molar-refractivity contribution in [1.29, 1.82) is 0 Å². The Morgan fingerprint density at radius 2 is 2.20 bits per heavy atom. The van der Waals surface area contributed by atoms with Crippen LogP contribution in [0, 0.1) is 13.8 Å². The Bertz CT molecular complexity index is 741. The fraction of sp³-hybridized carbons (Fsp3) is 0.474. The third-order valence-corrected chi connectivity index (χ3v) is 4.55. The zero-order valence-electron chi connectivity index (χ0n) is 15.2. The molecule has 134 valence electrons. The molecule has 6 nitrogen and oxygen atoms in total. The maximum Gasteiger partial charge on any atom is 0.271 e. The lowest BCUT2D eigenvalue weighted by atomic mass is 10.0. The number of hydrogen-bond acceptors (Lipinski definition) is 4. The molecular weight excluding hydrogens is 316 g/mol. The number of aromatic nitrogens is 2. The zero-order valence-corrected chi connectivity index (χ0v) is 15.2. The van der Waals surface area contributed by atoms with E-state index in [4.69, 9.17) is 4.74 Å². The topological polar surface area (TPSA) is 59.4 Å². The van der Waals surface area contributed by atoms with Crippen LogP contribution < -0.4 is 5.32 Å². The molecule has 2 heterocycles. The van der Waals surface area contributed by atoms with Crippen molar-refractivity contribution in [2.24, 2.45) is 7.05 Å². The number of nitrogens with one attached hydrogen (secondary N) is 1. The van der Waals surface area contributed by atoms with E-state index in [0.717, 1.165) is 19.6 Å². The predicted molar refractivity (Wildman–Crippen MR) is 96.5 cm³/mol. The van der Waals surface area contributed by atoms with Crippen molar-refractivity contribution < 1.29 is 9.53 Å². The summed E-state index contributed by atoms with van der Waals surface area (Å²) in [4.78, 5) is 14.5. The quantitative estimate of drug-likeness (QED) is 0.898. The van der Waals surface area contributed by atoms with Gasteiger partial charge in [-0.2, -0.15) is 5.10 Å². The van der Waals surface area contributed by atoms with Gasteiger partial charge in [0.05, 0.1) is 12.7 Å². The van der Waals surface area contributed by atoms with Gasteiger partial charge in [0, 0.05) is 39.4 Å². The summed E-state index contributed by atoms with van der Waals surface area (Å²) >= 11 is 0. The SMILES string of the molecule is Cc1ccc(CN2CCOC(CNC(=O)c3ccn(C)n3)C2)c(C)c1. The molecule has 25 heavy (non-hydrogen) atoms. The van der Waals surface area contributed by atoms with E-state index in [9.17, 15) is 4.79 Å². The minimum absolute atomic E-state index is 0.00664. The van der Waals surface area contributed by atoms with Gasteiger partial charge in [0.2, 0.25) is 0 Å². The van der Waals surface area contributed by atoms with Crippen LogP contribution in [0.2, 0.25) is 0 Å². The highest BCUT2D eigenvalue weighted by Crippen LogP contribution is 2.15. The molecule has 1 aliphatic heterocycles. The second-order valence-electron chi connectivity index (χ2n) is 6.74. The summed E-state index contributed by atoms with van der Waals surface area (Å²) in [5.41, 5.74) is 4.40. The summed E-state index contributed by atoms with van der Waals surface area (Å²) in [6.45, 7) is 8.11. The number of rotatable bonds is 5. The largest absolute Gasteiger partial charge is 0.374 e. The number of morpholine rings is 1. The van der Waals surface area contributed by atoms with Crippen LogP contribution in [-0.2, 0) is 18.3 Å². The van der Waals surface area contributed by atoms with E-state index < -0.39 is 0 Å². The molecule has 0 radical (unpaired) electrons. The monoisotopic (exact) mass is 342 g/mol. The minimum atomic E-state index is -0.157. The zero-order chi connectivity index (χ0) is 17.8. The Morgan fingerprint density at radius 3 is 2.92 bits per heavy atom. The molecule has 1 atom stereocenters. The van der Waals surface area contributed by atoms with E-state index in [1.54, 1.807) is 24.0 Å². The maximum atomic E-state index is 12.1. The van der Waals surface area contributed by atoms with Crippen molar-refractivity contribution in [3.05, 3.63) is 52.8 Å². The first kappa shape index (κ1) is 17.6. The van der Waals surface area contributed by atoms with Gasteiger partial charge in [-0.25, -0.2) is 0 Å². The number of hydrogen-bond donors (Lipinski definition) is 1. The van der Waals surface area contributed by atoms with Crippen molar-refractivity contribution >= 4 is 5.91 Å². The summed E-state index contributed by atoms with van der Waals surface area (Å²) in [5, 5.41) is 7.03. The molecule has 3 rings (SSSR count). The fourth-order valence-electron chi connectivity index (χ4n) is 3.14. The summed E-state index contributed by atoms with van der Waals surface area (Å²) in [6, 6.07) is 8.30. The van der Waals surface area contributed by atoms with Crippen molar-refractivity contribution in [1.82, 2.24) is 20.0 Å². The van der Waals surface area contributed by atoms with Crippen LogP contribution in [0.15, 0.2) is 30.5 Å². The van der Waals surface area contributed by atoms with Gasteiger partial charge >= 0.3 is 0 Å². The average Bonchev–Trinajstić information content (AvgIpc) is 3.02. The Kier molecular flexibility index (Phi) is 5.50. The summed E-state index contributed by atoms with van der Waals surface area (Å²) in [7, 11) is 1.80. The molecule has 1 N–H and O–H groups in total. The third-order valence-electron chi connectivity index (χ3n) is 4.55. The van der Waals surface area contributed by atoms with Gasteiger partial charge in [-0.1, -0.05) is 23.8 Å². The van der Waals surface area contributed by atoms with E-state index in [1.165, 1.54) is 16.7 Å². The van der Waals surface area contributed by atoms with E-state index in [-0.39, 0.29) is 12.0 Å². The lowest BCUT2D eigenvalue weighted by Gasteiger charge is -2.33. The van der Waals surface area contributed by atoms with Crippen LogP contribution >= 0.6 is 0 Å². The summed E-state index contributed by atoms with van der Waals surface area (Å²) in [5.74, 6) is -0.157. The Labute approximate surface area is 148 Å². The highest BCUT2D eigenvalue weighted by Gasteiger charge is 2.22. The number of aryl methyl sites for hydroxylation is 3. The van der Waals surface area contributed by atoms with Gasteiger partial charge in [-0.15, -0.1) is 0 Å². The lowest BCUT2D eigenvalue weighted by molar-refractivity contribution is -0.0293. The van der Waals surface area contributed by atoms with Gasteiger partial charge in [0.15, 0.2) is 0 Å². The summed E-state index contributed by atoms with van der Waals surface area (Å²) < 4.78 is 7.43. The number of amides is 1. The van der Waals surface area contributed by atoms with Gasteiger partial charge in [0.25, 0.3) is 5.91 Å². The van der Waals surface area contributed by atoms with Crippen molar-refractivity contribution in [2.45, 2.75) is 26.5 Å². The van der Waals surface area contributed by atoms with Gasteiger partial charge in [-0.3, -0.25) is 14.4 Å². The standard InChI is InChI=1S/C19H26N4O2/c1-14-4-5-16(15(2)10-14)12-23-8-9-25-17(13-23)11-20-19(24)18-6-7-22(3)21-18/h4-7,10,17H,8-9,11-13H2,1-3H3,(H,20,24). The molecule has 1 aromatic carbocycles. The average molecular weight is 342 g/mol. The highest BCUT2D eigenvalue weighted by atomic mass is 16.5. The summed E-state index contributed by atoms with van der Waals surface area (Å²) in [6.07, 6.45) is 1.77. The Hall–Kier alpha value is -2.18. The molecule has 6 heteroatoms. The number of carbonyl (C=O) groups excluding carboxylic acids is 1. The molecule has 0 bridgehead atoms. The van der Waals surface area contributed by atoms with E-state index in [0.29, 0.717) is 18.8 Å². The van der Waals surface area contributed by atoms with Crippen LogP contribution in [-0.4, -0.2) is 52.9 Å². The Morgan fingerprint density at radius 1 is 1.36 bits per heavy atom. The van der Waals surface area contributed by atoms with E-state index >= 15 is 0 Å². The molecule has 0 spiro atoms. The van der Waals surface area contributed by atoms with Crippen LogP contribution in [0.3, 0.4) is 0 Å². The van der Waals surface area contributed by atoms with Crippen LogP contribution in [0.25, 0.3) is 0 Å². The lowest BCUT2D eigenvalue weighted by Crippen LogP contribution is -2.47. The normalized spacial score (nSPS) is 18.3. The smallest absolute Gasteiger partial charge is 0.271 e. The Balaban J connectivity index is 1.51. The minimum Gasteiger partial charge on any atom is -0.374 e. The molecule has 1 saturated heterocycles. The molecule has 1 fully saturated rings. The predicted octanol–water partition coefficient (Wildman–Crippen LogP) is 1.67. The highest BCUT2D eigenvalue weighted by molar-refractivity contribution is 5.92. The molecule has 1 aliphatic rings. The van der Waals surface area contributed by atoms with Crippen LogP contribution in [0.1, 0.15) is 27.2 Å². The molecule has 1 aromatic heterocycles.